The second kappa shape index (κ2) is 4.58. The first kappa shape index (κ1) is 11.7. The summed E-state index contributed by atoms with van der Waals surface area (Å²) in [6.07, 6.45) is 3.02. The number of hydrogen-bond donors (Lipinski definition) is 0. The molecule has 2 rings (SSSR count). The standard InChI is InChI=1S/C11H9FN2O2S/c1-17-14-10(15)6-7-13(11(14)16)9-4-2-8(12)3-5-9/h2-7H,1H3. The zero-order valence-corrected chi connectivity index (χ0v) is 9.78. The molecule has 0 saturated heterocycles. The first-order valence-corrected chi connectivity index (χ1v) is 5.97. The Kier molecular flexibility index (Phi) is 3.14. The van der Waals surface area contributed by atoms with Crippen molar-refractivity contribution in [2.75, 3.05) is 6.26 Å². The van der Waals surface area contributed by atoms with Gasteiger partial charge in [0, 0.05) is 18.5 Å². The predicted octanol–water partition coefficient (Wildman–Crippen LogP) is 1.26. The van der Waals surface area contributed by atoms with Crippen LogP contribution in [0.2, 0.25) is 0 Å². The summed E-state index contributed by atoms with van der Waals surface area (Å²) in [7, 11) is 0. The predicted molar refractivity (Wildman–Crippen MR) is 65.2 cm³/mol. The highest BCUT2D eigenvalue weighted by Gasteiger charge is 2.05. The molecule has 0 N–H and O–H groups in total. The van der Waals surface area contributed by atoms with Crippen molar-refractivity contribution in [3.8, 4) is 5.69 Å². The van der Waals surface area contributed by atoms with Crippen molar-refractivity contribution in [3.05, 3.63) is 63.2 Å². The van der Waals surface area contributed by atoms with E-state index >= 15 is 0 Å². The first-order chi connectivity index (χ1) is 8.13. The van der Waals surface area contributed by atoms with Crippen LogP contribution in [-0.2, 0) is 0 Å². The summed E-state index contributed by atoms with van der Waals surface area (Å²) in [6.45, 7) is 0. The summed E-state index contributed by atoms with van der Waals surface area (Å²) in [6, 6.07) is 6.77. The van der Waals surface area contributed by atoms with E-state index in [1.165, 1.54) is 41.1 Å². The van der Waals surface area contributed by atoms with Crippen molar-refractivity contribution in [2.24, 2.45) is 0 Å². The van der Waals surface area contributed by atoms with Crippen molar-refractivity contribution in [3.63, 3.8) is 0 Å². The second-order valence-electron chi connectivity index (χ2n) is 3.26. The number of rotatable bonds is 2. The average Bonchev–Trinajstić information content (AvgIpc) is 2.31. The molecule has 0 unspecified atom stereocenters. The maximum Gasteiger partial charge on any atom is 0.345 e. The molecule has 0 aliphatic carbocycles. The number of aromatic nitrogens is 2. The summed E-state index contributed by atoms with van der Waals surface area (Å²) in [5.74, 6) is -0.375. The maximum absolute atomic E-state index is 12.8. The van der Waals surface area contributed by atoms with E-state index in [1.807, 2.05) is 0 Å². The average molecular weight is 252 g/mol. The van der Waals surface area contributed by atoms with Crippen LogP contribution in [-0.4, -0.2) is 14.8 Å². The third kappa shape index (κ3) is 2.16. The smallest absolute Gasteiger partial charge is 0.268 e. The molecular formula is C11H9FN2O2S. The van der Waals surface area contributed by atoms with Gasteiger partial charge in [-0.3, -0.25) is 9.36 Å². The van der Waals surface area contributed by atoms with E-state index in [1.54, 1.807) is 6.26 Å². The molecular weight excluding hydrogens is 243 g/mol. The fraction of sp³-hybridized carbons (Fsp3) is 0.0909. The van der Waals surface area contributed by atoms with Crippen LogP contribution >= 0.6 is 11.9 Å². The third-order valence-corrected chi connectivity index (χ3v) is 2.93. The van der Waals surface area contributed by atoms with E-state index in [9.17, 15) is 14.0 Å². The lowest BCUT2D eigenvalue weighted by Crippen LogP contribution is -2.34. The van der Waals surface area contributed by atoms with Gasteiger partial charge in [0.1, 0.15) is 5.82 Å². The molecule has 0 fully saturated rings. The summed E-state index contributed by atoms with van der Waals surface area (Å²) < 4.78 is 15.1. The zero-order valence-electron chi connectivity index (χ0n) is 8.96. The fourth-order valence-corrected chi connectivity index (χ4v) is 1.91. The van der Waals surface area contributed by atoms with Gasteiger partial charge >= 0.3 is 5.69 Å². The lowest BCUT2D eigenvalue weighted by Gasteiger charge is -2.07. The van der Waals surface area contributed by atoms with Crippen LogP contribution < -0.4 is 11.2 Å². The Bertz CT molecular complexity index is 646. The van der Waals surface area contributed by atoms with E-state index in [-0.39, 0.29) is 11.4 Å². The van der Waals surface area contributed by atoms with Gasteiger partial charge in [0.15, 0.2) is 0 Å². The van der Waals surface area contributed by atoms with E-state index in [0.29, 0.717) is 5.69 Å². The minimum Gasteiger partial charge on any atom is -0.268 e. The number of halogens is 1. The SMILES string of the molecule is CSn1c(=O)ccn(-c2ccc(F)cc2)c1=O. The van der Waals surface area contributed by atoms with Gasteiger partial charge in [-0.25, -0.2) is 13.2 Å². The van der Waals surface area contributed by atoms with E-state index in [2.05, 4.69) is 0 Å². The monoisotopic (exact) mass is 252 g/mol. The largest absolute Gasteiger partial charge is 0.345 e. The minimum absolute atomic E-state index is 0.374. The van der Waals surface area contributed by atoms with Crippen LogP contribution in [0.15, 0.2) is 46.1 Å². The Morgan fingerprint density at radius 3 is 2.35 bits per heavy atom. The molecule has 88 valence electrons. The highest BCUT2D eigenvalue weighted by molar-refractivity contribution is 7.97. The highest BCUT2D eigenvalue weighted by atomic mass is 32.2. The highest BCUT2D eigenvalue weighted by Crippen LogP contribution is 2.06. The molecule has 0 atom stereocenters. The van der Waals surface area contributed by atoms with Crippen LogP contribution in [0.5, 0.6) is 0 Å². The molecule has 0 radical (unpaired) electrons. The molecule has 1 heterocycles. The topological polar surface area (TPSA) is 44.0 Å². The van der Waals surface area contributed by atoms with Gasteiger partial charge in [-0.1, -0.05) is 0 Å². The molecule has 0 aliphatic heterocycles. The van der Waals surface area contributed by atoms with Gasteiger partial charge < -0.3 is 0 Å². The van der Waals surface area contributed by atoms with Gasteiger partial charge in [-0.05, 0) is 36.2 Å². The maximum atomic E-state index is 12.8. The van der Waals surface area contributed by atoms with Gasteiger partial charge in [-0.2, -0.15) is 0 Å². The molecule has 1 aromatic heterocycles. The molecule has 17 heavy (non-hydrogen) atoms. The Hall–Kier alpha value is -1.82. The minimum atomic E-state index is -0.461. The Morgan fingerprint density at radius 2 is 1.76 bits per heavy atom. The first-order valence-electron chi connectivity index (χ1n) is 4.78. The van der Waals surface area contributed by atoms with Crippen LogP contribution in [0.25, 0.3) is 5.69 Å². The molecule has 6 heteroatoms. The summed E-state index contributed by atoms with van der Waals surface area (Å²) in [5.41, 5.74) is -0.323. The summed E-state index contributed by atoms with van der Waals surface area (Å²) in [5, 5.41) is 0. The van der Waals surface area contributed by atoms with Gasteiger partial charge in [0.25, 0.3) is 5.56 Å². The van der Waals surface area contributed by atoms with Gasteiger partial charge in [0.05, 0.1) is 5.69 Å². The summed E-state index contributed by atoms with van der Waals surface area (Å²) >= 11 is 1.03. The quantitative estimate of drug-likeness (QED) is 0.808. The normalized spacial score (nSPS) is 10.5. The lowest BCUT2D eigenvalue weighted by atomic mass is 10.3. The zero-order chi connectivity index (χ0) is 12.4. The Labute approximate surface area is 100 Å². The Morgan fingerprint density at radius 1 is 1.12 bits per heavy atom. The van der Waals surface area contributed by atoms with Crippen molar-refractivity contribution in [1.29, 1.82) is 0 Å². The van der Waals surface area contributed by atoms with Crippen molar-refractivity contribution in [2.45, 2.75) is 0 Å². The van der Waals surface area contributed by atoms with E-state index in [4.69, 9.17) is 0 Å². The van der Waals surface area contributed by atoms with Crippen LogP contribution in [0.4, 0.5) is 4.39 Å². The van der Waals surface area contributed by atoms with Crippen molar-refractivity contribution < 1.29 is 4.39 Å². The van der Waals surface area contributed by atoms with E-state index < -0.39 is 5.69 Å². The molecule has 0 spiro atoms. The third-order valence-electron chi connectivity index (χ3n) is 2.23. The molecule has 0 saturated carbocycles. The van der Waals surface area contributed by atoms with Crippen LogP contribution in [0.1, 0.15) is 0 Å². The number of benzene rings is 1. The molecule has 0 amide bonds. The molecule has 0 aliphatic rings. The van der Waals surface area contributed by atoms with E-state index in [0.717, 1.165) is 15.9 Å². The van der Waals surface area contributed by atoms with Gasteiger partial charge in [-0.15, -0.1) is 0 Å². The van der Waals surface area contributed by atoms with Crippen molar-refractivity contribution >= 4 is 11.9 Å². The van der Waals surface area contributed by atoms with Crippen molar-refractivity contribution in [1.82, 2.24) is 8.54 Å². The molecule has 2 aromatic rings. The van der Waals surface area contributed by atoms with Crippen LogP contribution in [0.3, 0.4) is 0 Å². The summed E-state index contributed by atoms with van der Waals surface area (Å²) in [4.78, 5) is 23.3. The van der Waals surface area contributed by atoms with Gasteiger partial charge in [0.2, 0.25) is 0 Å². The second-order valence-corrected chi connectivity index (χ2v) is 3.99. The Balaban J connectivity index is 2.65. The number of nitrogens with zero attached hydrogens (tertiary/aromatic N) is 2. The molecule has 1 aromatic carbocycles. The fourth-order valence-electron chi connectivity index (χ4n) is 1.43. The molecule has 0 bridgehead atoms. The van der Waals surface area contributed by atoms with Crippen LogP contribution in [0, 0.1) is 5.82 Å². The number of hydrogen-bond acceptors (Lipinski definition) is 3. The molecule has 4 nitrogen and oxygen atoms in total. The lowest BCUT2D eigenvalue weighted by molar-refractivity contribution is 0.627.